The summed E-state index contributed by atoms with van der Waals surface area (Å²) in [4.78, 5) is 4.99. The molecule has 0 saturated heterocycles. The monoisotopic (exact) mass is 143 g/mol. The Morgan fingerprint density at radius 2 is 2.20 bits per heavy atom. The first-order valence-electron chi connectivity index (χ1n) is 3.33. The molecular formula is C7H13NO2. The number of hydrogen-bond acceptors (Lipinski definition) is 3. The van der Waals surface area contributed by atoms with Gasteiger partial charge in [-0.1, -0.05) is 20.8 Å². The van der Waals surface area contributed by atoms with Crippen LogP contribution in [0.3, 0.4) is 0 Å². The van der Waals surface area contributed by atoms with E-state index in [1.54, 1.807) is 6.08 Å². The fourth-order valence-corrected chi connectivity index (χ4v) is 0.738. The zero-order chi connectivity index (χ0) is 7.78. The second kappa shape index (κ2) is 2.25. The topological polar surface area (TPSA) is 41.5 Å². The summed E-state index contributed by atoms with van der Waals surface area (Å²) in [5, 5.41) is 8.95. The number of hydrogen-bond donors (Lipinski definition) is 2. The van der Waals surface area contributed by atoms with Gasteiger partial charge in [0.25, 0.3) is 0 Å². The van der Waals surface area contributed by atoms with Crippen LogP contribution in [0, 0.1) is 5.41 Å². The number of allylic oxidation sites excluding steroid dienone is 1. The summed E-state index contributed by atoms with van der Waals surface area (Å²) in [5.41, 5.74) is 2.42. The molecule has 2 N–H and O–H groups in total. The molecule has 0 aromatic heterocycles. The van der Waals surface area contributed by atoms with Crippen molar-refractivity contribution in [1.29, 1.82) is 0 Å². The van der Waals surface area contributed by atoms with E-state index in [0.717, 1.165) is 5.76 Å². The summed E-state index contributed by atoms with van der Waals surface area (Å²) in [6.45, 7) is 6.08. The van der Waals surface area contributed by atoms with Crippen molar-refractivity contribution in [2.24, 2.45) is 5.41 Å². The van der Waals surface area contributed by atoms with Crippen molar-refractivity contribution in [3.63, 3.8) is 0 Å². The van der Waals surface area contributed by atoms with Crippen LogP contribution >= 0.6 is 0 Å². The largest absolute Gasteiger partial charge is 0.410 e. The van der Waals surface area contributed by atoms with Crippen molar-refractivity contribution >= 4 is 0 Å². The molecule has 3 heteroatoms. The zero-order valence-corrected chi connectivity index (χ0v) is 6.51. The number of aliphatic hydroxyl groups is 1. The van der Waals surface area contributed by atoms with E-state index in [1.165, 1.54) is 0 Å². The third-order valence-electron chi connectivity index (χ3n) is 1.34. The maximum Gasteiger partial charge on any atom is 0.159 e. The molecule has 10 heavy (non-hydrogen) atoms. The van der Waals surface area contributed by atoms with E-state index in [9.17, 15) is 0 Å². The second-order valence-electron chi connectivity index (χ2n) is 3.45. The van der Waals surface area contributed by atoms with Crippen LogP contribution in [0.15, 0.2) is 11.8 Å². The van der Waals surface area contributed by atoms with Crippen LogP contribution < -0.4 is 5.48 Å². The van der Waals surface area contributed by atoms with Gasteiger partial charge in [0, 0.05) is 11.5 Å². The molecule has 1 unspecified atom stereocenters. The molecule has 0 fully saturated rings. The van der Waals surface area contributed by atoms with Crippen molar-refractivity contribution < 1.29 is 9.94 Å². The van der Waals surface area contributed by atoms with E-state index in [2.05, 4.69) is 5.48 Å². The summed E-state index contributed by atoms with van der Waals surface area (Å²) in [6.07, 6.45) is 1.02. The standard InChI is InChI=1S/C7H13NO2/c1-7(2,3)5-4-6(9)8-10-5/h4,6,8-9H,1-3H3. The van der Waals surface area contributed by atoms with E-state index in [0.29, 0.717) is 0 Å². The lowest BCUT2D eigenvalue weighted by Gasteiger charge is -2.17. The average molecular weight is 143 g/mol. The average Bonchev–Trinajstić information content (AvgIpc) is 2.11. The van der Waals surface area contributed by atoms with E-state index in [4.69, 9.17) is 9.94 Å². The smallest absolute Gasteiger partial charge is 0.159 e. The first-order chi connectivity index (χ1) is 4.50. The van der Waals surface area contributed by atoms with Crippen LogP contribution in [-0.2, 0) is 4.84 Å². The van der Waals surface area contributed by atoms with Gasteiger partial charge in [-0.3, -0.25) is 0 Å². The molecular weight excluding hydrogens is 130 g/mol. The van der Waals surface area contributed by atoms with Crippen LogP contribution in [0.4, 0.5) is 0 Å². The molecule has 1 heterocycles. The van der Waals surface area contributed by atoms with Crippen LogP contribution in [0.25, 0.3) is 0 Å². The van der Waals surface area contributed by atoms with Crippen LogP contribution in [0.2, 0.25) is 0 Å². The lowest BCUT2D eigenvalue weighted by Crippen LogP contribution is -2.20. The van der Waals surface area contributed by atoms with Gasteiger partial charge in [-0.05, 0) is 0 Å². The molecule has 0 saturated carbocycles. The van der Waals surface area contributed by atoms with Gasteiger partial charge < -0.3 is 9.94 Å². The Hall–Kier alpha value is -0.540. The van der Waals surface area contributed by atoms with E-state index in [1.807, 2.05) is 20.8 Å². The Morgan fingerprint density at radius 1 is 1.60 bits per heavy atom. The minimum atomic E-state index is -0.644. The Labute approximate surface area is 60.6 Å². The van der Waals surface area contributed by atoms with Gasteiger partial charge in [0.1, 0.15) is 5.76 Å². The molecule has 0 radical (unpaired) electrons. The van der Waals surface area contributed by atoms with Gasteiger partial charge in [0.05, 0.1) is 0 Å². The predicted molar refractivity (Wildman–Crippen MR) is 37.8 cm³/mol. The Kier molecular flexibility index (Phi) is 1.70. The number of aliphatic hydroxyl groups excluding tert-OH is 1. The van der Waals surface area contributed by atoms with Gasteiger partial charge in [0.2, 0.25) is 0 Å². The minimum Gasteiger partial charge on any atom is -0.410 e. The molecule has 1 rings (SSSR count). The van der Waals surface area contributed by atoms with Crippen molar-refractivity contribution in [1.82, 2.24) is 5.48 Å². The molecule has 0 bridgehead atoms. The summed E-state index contributed by atoms with van der Waals surface area (Å²) in [6, 6.07) is 0. The van der Waals surface area contributed by atoms with Gasteiger partial charge in [-0.25, -0.2) is 0 Å². The molecule has 0 aliphatic carbocycles. The zero-order valence-electron chi connectivity index (χ0n) is 6.51. The van der Waals surface area contributed by atoms with E-state index in [-0.39, 0.29) is 5.41 Å². The fourth-order valence-electron chi connectivity index (χ4n) is 0.738. The highest BCUT2D eigenvalue weighted by Crippen LogP contribution is 2.27. The highest BCUT2D eigenvalue weighted by Gasteiger charge is 2.25. The molecule has 1 atom stereocenters. The molecule has 0 amide bonds. The third-order valence-corrected chi connectivity index (χ3v) is 1.34. The maximum absolute atomic E-state index is 8.95. The first kappa shape index (κ1) is 7.57. The van der Waals surface area contributed by atoms with E-state index >= 15 is 0 Å². The molecule has 0 aromatic rings. The van der Waals surface area contributed by atoms with Gasteiger partial charge in [-0.15, -0.1) is 5.48 Å². The third kappa shape index (κ3) is 1.49. The first-order valence-corrected chi connectivity index (χ1v) is 3.33. The normalized spacial score (nSPS) is 26.0. The van der Waals surface area contributed by atoms with Gasteiger partial charge in [0.15, 0.2) is 6.23 Å². The molecule has 58 valence electrons. The SMILES string of the molecule is CC(C)(C)C1=CC(O)NO1. The lowest BCUT2D eigenvalue weighted by molar-refractivity contribution is 0.0178. The Morgan fingerprint density at radius 3 is 2.40 bits per heavy atom. The summed E-state index contributed by atoms with van der Waals surface area (Å²) < 4.78 is 0. The fraction of sp³-hybridized carbons (Fsp3) is 0.714. The lowest BCUT2D eigenvalue weighted by atomic mass is 9.94. The summed E-state index contributed by atoms with van der Waals surface area (Å²) in [5.74, 6) is 0.792. The molecule has 0 spiro atoms. The van der Waals surface area contributed by atoms with Crippen molar-refractivity contribution in [3.05, 3.63) is 11.8 Å². The van der Waals surface area contributed by atoms with Crippen LogP contribution in [0.1, 0.15) is 20.8 Å². The summed E-state index contributed by atoms with van der Waals surface area (Å²) in [7, 11) is 0. The van der Waals surface area contributed by atoms with Crippen molar-refractivity contribution in [3.8, 4) is 0 Å². The number of rotatable bonds is 0. The van der Waals surface area contributed by atoms with Crippen molar-refractivity contribution in [2.75, 3.05) is 0 Å². The minimum absolute atomic E-state index is 0.0233. The van der Waals surface area contributed by atoms with Crippen LogP contribution in [0.5, 0.6) is 0 Å². The number of nitrogens with one attached hydrogen (secondary N) is 1. The van der Waals surface area contributed by atoms with Gasteiger partial charge in [-0.2, -0.15) is 0 Å². The van der Waals surface area contributed by atoms with Gasteiger partial charge >= 0.3 is 0 Å². The summed E-state index contributed by atoms with van der Waals surface area (Å²) >= 11 is 0. The molecule has 0 aromatic carbocycles. The predicted octanol–water partition coefficient (Wildman–Crippen LogP) is 0.770. The van der Waals surface area contributed by atoms with Crippen molar-refractivity contribution in [2.45, 2.75) is 27.0 Å². The van der Waals surface area contributed by atoms with Crippen LogP contribution in [-0.4, -0.2) is 11.3 Å². The quantitative estimate of drug-likeness (QED) is 0.526. The Balaban J connectivity index is 2.67. The second-order valence-corrected chi connectivity index (χ2v) is 3.45. The van der Waals surface area contributed by atoms with E-state index < -0.39 is 6.23 Å². The molecule has 1 aliphatic heterocycles. The highest BCUT2D eigenvalue weighted by atomic mass is 16.7. The Bertz CT molecular complexity index is 157. The number of hydroxylamine groups is 1. The highest BCUT2D eigenvalue weighted by molar-refractivity contribution is 5.07. The molecule has 3 nitrogen and oxygen atoms in total. The maximum atomic E-state index is 8.95. The molecule has 1 aliphatic rings.